The zero-order valence-electron chi connectivity index (χ0n) is 9.51. The normalized spacial score (nSPS) is 10.9. The Labute approximate surface area is 98.5 Å². The van der Waals surface area contributed by atoms with Gasteiger partial charge in [0.25, 0.3) is 0 Å². The second-order valence-electron chi connectivity index (χ2n) is 3.97. The molecule has 0 saturated heterocycles. The number of H-pyrrole nitrogens is 1. The van der Waals surface area contributed by atoms with E-state index in [2.05, 4.69) is 26.4 Å². The van der Waals surface area contributed by atoms with E-state index in [0.29, 0.717) is 0 Å². The van der Waals surface area contributed by atoms with Gasteiger partial charge in [0.15, 0.2) is 0 Å². The highest BCUT2D eigenvalue weighted by atomic mass is 15.3. The second kappa shape index (κ2) is 3.93. The molecule has 86 valence electrons. The third kappa shape index (κ3) is 1.87. The van der Waals surface area contributed by atoms with Crippen LogP contribution < -0.4 is 5.32 Å². The summed E-state index contributed by atoms with van der Waals surface area (Å²) >= 11 is 0. The number of aromatic nitrogens is 4. The highest BCUT2D eigenvalue weighted by Gasteiger charge is 2.03. The summed E-state index contributed by atoms with van der Waals surface area (Å²) < 4.78 is 1.78. The fourth-order valence-corrected chi connectivity index (χ4v) is 1.87. The highest BCUT2D eigenvalue weighted by molar-refractivity contribution is 5.79. The molecule has 0 spiro atoms. The number of aromatic amines is 1. The van der Waals surface area contributed by atoms with E-state index in [9.17, 15) is 0 Å². The second-order valence-corrected chi connectivity index (χ2v) is 3.97. The minimum absolute atomic E-state index is 0.761. The Morgan fingerprint density at radius 3 is 3.24 bits per heavy atom. The molecule has 5 nitrogen and oxygen atoms in total. The molecule has 3 aromatic heterocycles. The maximum Gasteiger partial charge on any atom is 0.137 e. The van der Waals surface area contributed by atoms with Gasteiger partial charge in [0, 0.05) is 37.6 Å². The Bertz CT molecular complexity index is 637. The Kier molecular flexibility index (Phi) is 2.29. The first-order valence-corrected chi connectivity index (χ1v) is 5.46. The van der Waals surface area contributed by atoms with Crippen molar-refractivity contribution in [3.8, 4) is 0 Å². The van der Waals surface area contributed by atoms with Crippen LogP contribution in [0.1, 0.15) is 5.56 Å². The zero-order valence-corrected chi connectivity index (χ0v) is 9.51. The summed E-state index contributed by atoms with van der Waals surface area (Å²) in [4.78, 5) is 7.42. The maximum atomic E-state index is 4.26. The largest absolute Gasteiger partial charge is 0.378 e. The molecule has 0 fully saturated rings. The molecular weight excluding hydrogens is 214 g/mol. The first-order valence-electron chi connectivity index (χ1n) is 5.46. The van der Waals surface area contributed by atoms with E-state index in [-0.39, 0.29) is 0 Å². The molecule has 5 heteroatoms. The van der Waals surface area contributed by atoms with Gasteiger partial charge in [-0.3, -0.25) is 4.68 Å². The van der Waals surface area contributed by atoms with Crippen molar-refractivity contribution in [1.29, 1.82) is 0 Å². The standard InChI is InChI=1S/C12H13N5/c1-17-8-10(7-16-17)14-5-9-6-15-12-11(9)3-2-4-13-12/h2-4,6-8,14H,5H2,1H3,(H,13,15). The van der Waals surface area contributed by atoms with Crippen LogP contribution in [0.4, 0.5) is 5.69 Å². The van der Waals surface area contributed by atoms with Crippen LogP contribution >= 0.6 is 0 Å². The SMILES string of the molecule is Cn1cc(NCc2c[nH]c3ncccc23)cn1. The van der Waals surface area contributed by atoms with Gasteiger partial charge >= 0.3 is 0 Å². The minimum Gasteiger partial charge on any atom is -0.378 e. The third-order valence-electron chi connectivity index (χ3n) is 2.72. The first-order chi connectivity index (χ1) is 8.33. The van der Waals surface area contributed by atoms with Crippen molar-refractivity contribution in [3.63, 3.8) is 0 Å². The molecule has 3 heterocycles. The van der Waals surface area contributed by atoms with Crippen LogP contribution in [0.15, 0.2) is 36.9 Å². The predicted molar refractivity (Wildman–Crippen MR) is 66.6 cm³/mol. The number of nitrogens with one attached hydrogen (secondary N) is 2. The maximum absolute atomic E-state index is 4.26. The molecule has 0 bridgehead atoms. The molecule has 0 radical (unpaired) electrons. The van der Waals surface area contributed by atoms with Gasteiger partial charge in [-0.05, 0) is 17.7 Å². The number of rotatable bonds is 3. The molecule has 0 aliphatic rings. The molecular formula is C12H13N5. The molecule has 0 amide bonds. The van der Waals surface area contributed by atoms with Crippen molar-refractivity contribution >= 4 is 16.7 Å². The Hall–Kier alpha value is -2.30. The number of aryl methyl sites for hydroxylation is 1. The van der Waals surface area contributed by atoms with Crippen molar-refractivity contribution in [3.05, 3.63) is 42.5 Å². The molecule has 17 heavy (non-hydrogen) atoms. The Balaban J connectivity index is 1.81. The number of fused-ring (bicyclic) bond motifs is 1. The summed E-state index contributed by atoms with van der Waals surface area (Å²) in [5.74, 6) is 0. The van der Waals surface area contributed by atoms with Crippen molar-refractivity contribution < 1.29 is 0 Å². The van der Waals surface area contributed by atoms with E-state index in [1.54, 1.807) is 10.9 Å². The summed E-state index contributed by atoms with van der Waals surface area (Å²) in [7, 11) is 1.90. The van der Waals surface area contributed by atoms with Gasteiger partial charge in [-0.25, -0.2) is 4.98 Å². The van der Waals surface area contributed by atoms with E-state index in [1.165, 1.54) is 5.56 Å². The van der Waals surface area contributed by atoms with Crippen LogP contribution in [-0.4, -0.2) is 19.7 Å². The number of hydrogen-bond acceptors (Lipinski definition) is 3. The topological polar surface area (TPSA) is 58.5 Å². The van der Waals surface area contributed by atoms with E-state index >= 15 is 0 Å². The van der Waals surface area contributed by atoms with Crippen LogP contribution in [0.5, 0.6) is 0 Å². The molecule has 0 aromatic carbocycles. The number of pyridine rings is 1. The lowest BCUT2D eigenvalue weighted by Crippen LogP contribution is -1.97. The molecule has 0 saturated carbocycles. The van der Waals surface area contributed by atoms with Gasteiger partial charge in [0.1, 0.15) is 5.65 Å². The smallest absolute Gasteiger partial charge is 0.137 e. The average Bonchev–Trinajstić information content (AvgIpc) is 2.93. The molecule has 0 atom stereocenters. The third-order valence-corrected chi connectivity index (χ3v) is 2.72. The average molecular weight is 227 g/mol. The molecule has 2 N–H and O–H groups in total. The summed E-state index contributed by atoms with van der Waals surface area (Å²) in [6.45, 7) is 0.761. The van der Waals surface area contributed by atoms with Crippen LogP contribution in [0, 0.1) is 0 Å². The lowest BCUT2D eigenvalue weighted by molar-refractivity contribution is 0.768. The van der Waals surface area contributed by atoms with Gasteiger partial charge in [-0.1, -0.05) is 0 Å². The van der Waals surface area contributed by atoms with E-state index in [0.717, 1.165) is 23.3 Å². The lowest BCUT2D eigenvalue weighted by atomic mass is 10.2. The Morgan fingerprint density at radius 2 is 2.41 bits per heavy atom. The monoisotopic (exact) mass is 227 g/mol. The van der Waals surface area contributed by atoms with Gasteiger partial charge in [0.2, 0.25) is 0 Å². The van der Waals surface area contributed by atoms with E-state index < -0.39 is 0 Å². The van der Waals surface area contributed by atoms with Crippen LogP contribution in [0.2, 0.25) is 0 Å². The minimum atomic E-state index is 0.761. The summed E-state index contributed by atoms with van der Waals surface area (Å²) in [5.41, 5.74) is 3.15. The Morgan fingerprint density at radius 1 is 1.47 bits per heavy atom. The molecule has 0 unspecified atom stereocenters. The highest BCUT2D eigenvalue weighted by Crippen LogP contribution is 2.16. The van der Waals surface area contributed by atoms with Crippen molar-refractivity contribution in [2.45, 2.75) is 6.54 Å². The van der Waals surface area contributed by atoms with Gasteiger partial charge in [0.05, 0.1) is 11.9 Å². The molecule has 3 rings (SSSR count). The lowest BCUT2D eigenvalue weighted by Gasteiger charge is -2.01. The summed E-state index contributed by atoms with van der Waals surface area (Å²) in [6, 6.07) is 4.02. The fraction of sp³-hybridized carbons (Fsp3) is 0.167. The first kappa shape index (κ1) is 9.89. The molecule has 3 aromatic rings. The van der Waals surface area contributed by atoms with Crippen LogP contribution in [0.3, 0.4) is 0 Å². The van der Waals surface area contributed by atoms with Crippen molar-refractivity contribution in [2.75, 3.05) is 5.32 Å². The van der Waals surface area contributed by atoms with Gasteiger partial charge < -0.3 is 10.3 Å². The van der Waals surface area contributed by atoms with Crippen LogP contribution in [0.25, 0.3) is 11.0 Å². The molecule has 0 aliphatic carbocycles. The summed E-state index contributed by atoms with van der Waals surface area (Å²) in [5, 5.41) is 8.60. The van der Waals surface area contributed by atoms with Crippen molar-refractivity contribution in [1.82, 2.24) is 19.7 Å². The predicted octanol–water partition coefficient (Wildman–Crippen LogP) is 1.91. The van der Waals surface area contributed by atoms with E-state index in [1.807, 2.05) is 31.7 Å². The number of anilines is 1. The zero-order chi connectivity index (χ0) is 11.7. The molecule has 0 aliphatic heterocycles. The number of nitrogens with zero attached hydrogens (tertiary/aromatic N) is 3. The number of hydrogen-bond donors (Lipinski definition) is 2. The summed E-state index contributed by atoms with van der Waals surface area (Å²) in [6.07, 6.45) is 7.54. The van der Waals surface area contributed by atoms with Crippen LogP contribution in [-0.2, 0) is 13.6 Å². The fourth-order valence-electron chi connectivity index (χ4n) is 1.87. The van der Waals surface area contributed by atoms with Crippen molar-refractivity contribution in [2.24, 2.45) is 7.05 Å². The van der Waals surface area contributed by atoms with Gasteiger partial charge in [-0.15, -0.1) is 0 Å². The quantitative estimate of drug-likeness (QED) is 0.718. The van der Waals surface area contributed by atoms with E-state index in [4.69, 9.17) is 0 Å². The van der Waals surface area contributed by atoms with Gasteiger partial charge in [-0.2, -0.15) is 5.10 Å².